The number of ketones is 1. The van der Waals surface area contributed by atoms with E-state index in [0.29, 0.717) is 12.1 Å². The highest BCUT2D eigenvalue weighted by molar-refractivity contribution is 5.99. The molecule has 2 aromatic carbocycles. The van der Waals surface area contributed by atoms with E-state index in [2.05, 4.69) is 5.32 Å². The van der Waals surface area contributed by atoms with Crippen molar-refractivity contribution in [1.82, 2.24) is 9.88 Å². The Balaban J connectivity index is 1.44. The minimum Gasteiger partial charge on any atom is -0.454 e. The molecule has 1 aromatic heterocycles. The number of hydrogen-bond acceptors (Lipinski definition) is 4. The van der Waals surface area contributed by atoms with Gasteiger partial charge in [-0.1, -0.05) is 6.07 Å². The van der Waals surface area contributed by atoms with Gasteiger partial charge in [-0.3, -0.25) is 4.79 Å². The van der Waals surface area contributed by atoms with E-state index in [1.165, 1.54) is 12.1 Å². The van der Waals surface area contributed by atoms with E-state index < -0.39 is 0 Å². The van der Waals surface area contributed by atoms with Gasteiger partial charge in [-0.05, 0) is 61.9 Å². The maximum Gasteiger partial charge on any atom is 0.231 e. The third-order valence-corrected chi connectivity index (χ3v) is 4.87. The van der Waals surface area contributed by atoms with E-state index in [1.54, 1.807) is 12.1 Å². The van der Waals surface area contributed by atoms with Gasteiger partial charge in [0.2, 0.25) is 6.79 Å². The van der Waals surface area contributed by atoms with Crippen molar-refractivity contribution in [2.45, 2.75) is 20.4 Å². The van der Waals surface area contributed by atoms with Crippen LogP contribution in [0.2, 0.25) is 0 Å². The molecule has 0 unspecified atom stereocenters. The van der Waals surface area contributed by atoms with Crippen molar-refractivity contribution in [2.75, 3.05) is 13.3 Å². The minimum atomic E-state index is -0.282. The van der Waals surface area contributed by atoms with Gasteiger partial charge >= 0.3 is 0 Å². The number of carbonyl (C=O) groups excluding carboxylic acids is 1. The SMILES string of the molecule is Cc1cc(C(=O)CNCc2ccc3c(c2)OCO3)c(C)n1-c1ccc(F)cc1. The molecule has 0 bridgehead atoms. The van der Waals surface area contributed by atoms with Crippen molar-refractivity contribution in [2.24, 2.45) is 0 Å². The van der Waals surface area contributed by atoms with Crippen molar-refractivity contribution < 1.29 is 18.7 Å². The van der Waals surface area contributed by atoms with E-state index >= 15 is 0 Å². The number of Topliss-reactive ketones (excluding diaryl/α,β-unsaturated/α-hetero) is 1. The lowest BCUT2D eigenvalue weighted by Gasteiger charge is -2.10. The van der Waals surface area contributed by atoms with Gasteiger partial charge in [-0.15, -0.1) is 0 Å². The van der Waals surface area contributed by atoms with Crippen LogP contribution in [0.5, 0.6) is 11.5 Å². The van der Waals surface area contributed by atoms with Crippen LogP contribution in [0.25, 0.3) is 5.69 Å². The van der Waals surface area contributed by atoms with Crippen LogP contribution in [0.4, 0.5) is 4.39 Å². The summed E-state index contributed by atoms with van der Waals surface area (Å²) in [6, 6.07) is 13.9. The molecule has 0 saturated carbocycles. The molecular formula is C22H21FN2O3. The van der Waals surface area contributed by atoms with Gasteiger partial charge in [-0.25, -0.2) is 4.39 Å². The van der Waals surface area contributed by atoms with Crippen LogP contribution in [0, 0.1) is 19.7 Å². The fourth-order valence-corrected chi connectivity index (χ4v) is 3.50. The van der Waals surface area contributed by atoms with Crippen LogP contribution in [0.3, 0.4) is 0 Å². The van der Waals surface area contributed by atoms with Crippen molar-refractivity contribution in [3.8, 4) is 17.2 Å². The molecule has 0 saturated heterocycles. The summed E-state index contributed by atoms with van der Waals surface area (Å²) in [6.45, 7) is 4.87. The molecule has 0 amide bonds. The molecule has 4 rings (SSSR count). The maximum atomic E-state index is 13.2. The van der Waals surface area contributed by atoms with Gasteiger partial charge in [0.05, 0.1) is 6.54 Å². The number of hydrogen-bond donors (Lipinski definition) is 1. The fraction of sp³-hybridized carbons (Fsp3) is 0.227. The Bertz CT molecular complexity index is 1030. The third-order valence-electron chi connectivity index (χ3n) is 4.87. The molecule has 3 aromatic rings. The summed E-state index contributed by atoms with van der Waals surface area (Å²) in [6.07, 6.45) is 0. The molecule has 0 radical (unpaired) electrons. The van der Waals surface area contributed by atoms with E-state index in [-0.39, 0.29) is 24.9 Å². The van der Waals surface area contributed by atoms with Crippen LogP contribution in [-0.4, -0.2) is 23.7 Å². The Hall–Kier alpha value is -3.12. The van der Waals surface area contributed by atoms with Gasteiger partial charge in [0.25, 0.3) is 0 Å². The molecule has 144 valence electrons. The topological polar surface area (TPSA) is 52.5 Å². The molecule has 0 fully saturated rings. The average molecular weight is 380 g/mol. The van der Waals surface area contributed by atoms with Crippen LogP contribution in [0.15, 0.2) is 48.5 Å². The van der Waals surface area contributed by atoms with Gasteiger partial charge in [0, 0.05) is 29.2 Å². The quantitative estimate of drug-likeness (QED) is 0.659. The number of benzene rings is 2. The lowest BCUT2D eigenvalue weighted by Crippen LogP contribution is -2.23. The van der Waals surface area contributed by atoms with Crippen LogP contribution in [-0.2, 0) is 6.54 Å². The normalized spacial score (nSPS) is 12.4. The summed E-state index contributed by atoms with van der Waals surface area (Å²) in [5, 5.41) is 3.19. The Kier molecular flexibility index (Phi) is 4.88. The largest absolute Gasteiger partial charge is 0.454 e. The summed E-state index contributed by atoms with van der Waals surface area (Å²) >= 11 is 0. The van der Waals surface area contributed by atoms with Gasteiger partial charge < -0.3 is 19.4 Å². The zero-order valence-electron chi connectivity index (χ0n) is 15.8. The van der Waals surface area contributed by atoms with Crippen molar-refractivity contribution in [1.29, 1.82) is 0 Å². The van der Waals surface area contributed by atoms with Crippen LogP contribution >= 0.6 is 0 Å². The predicted molar refractivity (Wildman–Crippen MR) is 104 cm³/mol. The second-order valence-corrected chi connectivity index (χ2v) is 6.81. The first kappa shape index (κ1) is 18.3. The minimum absolute atomic E-state index is 0.0159. The molecule has 1 aliphatic rings. The zero-order chi connectivity index (χ0) is 19.7. The fourth-order valence-electron chi connectivity index (χ4n) is 3.50. The van der Waals surface area contributed by atoms with Crippen LogP contribution < -0.4 is 14.8 Å². The highest BCUT2D eigenvalue weighted by Crippen LogP contribution is 2.32. The van der Waals surface area contributed by atoms with E-state index in [9.17, 15) is 9.18 Å². The highest BCUT2D eigenvalue weighted by Gasteiger charge is 2.17. The second-order valence-electron chi connectivity index (χ2n) is 6.81. The number of carbonyl (C=O) groups is 1. The predicted octanol–water partition coefficient (Wildman–Crippen LogP) is 3.93. The number of ether oxygens (including phenoxy) is 2. The van der Waals surface area contributed by atoms with Gasteiger partial charge in [-0.2, -0.15) is 0 Å². The molecular weight excluding hydrogens is 359 g/mol. The number of rotatable bonds is 6. The first-order valence-electron chi connectivity index (χ1n) is 9.10. The second kappa shape index (κ2) is 7.48. The molecule has 0 spiro atoms. The highest BCUT2D eigenvalue weighted by atomic mass is 19.1. The van der Waals surface area contributed by atoms with Gasteiger partial charge in [0.15, 0.2) is 17.3 Å². The number of halogens is 1. The van der Waals surface area contributed by atoms with E-state index in [1.807, 2.05) is 42.7 Å². The Labute approximate surface area is 162 Å². The molecule has 5 nitrogen and oxygen atoms in total. The Morgan fingerprint density at radius 1 is 1.07 bits per heavy atom. The average Bonchev–Trinajstić information content (AvgIpc) is 3.26. The smallest absolute Gasteiger partial charge is 0.231 e. The first-order valence-corrected chi connectivity index (χ1v) is 9.10. The molecule has 6 heteroatoms. The van der Waals surface area contributed by atoms with Crippen molar-refractivity contribution in [3.05, 3.63) is 76.9 Å². The zero-order valence-corrected chi connectivity index (χ0v) is 15.8. The van der Waals surface area contributed by atoms with Gasteiger partial charge in [0.1, 0.15) is 5.82 Å². The van der Waals surface area contributed by atoms with E-state index in [4.69, 9.17) is 9.47 Å². The maximum absolute atomic E-state index is 13.2. The Morgan fingerprint density at radius 3 is 2.61 bits per heavy atom. The van der Waals surface area contributed by atoms with Crippen molar-refractivity contribution >= 4 is 5.78 Å². The number of nitrogens with zero attached hydrogens (tertiary/aromatic N) is 1. The summed E-state index contributed by atoms with van der Waals surface area (Å²) in [7, 11) is 0. The summed E-state index contributed by atoms with van der Waals surface area (Å²) in [4.78, 5) is 12.7. The molecule has 1 aliphatic heterocycles. The van der Waals surface area contributed by atoms with Crippen molar-refractivity contribution in [3.63, 3.8) is 0 Å². The molecule has 0 aliphatic carbocycles. The van der Waals surface area contributed by atoms with Crippen LogP contribution in [0.1, 0.15) is 27.3 Å². The Morgan fingerprint density at radius 2 is 1.82 bits per heavy atom. The lowest BCUT2D eigenvalue weighted by atomic mass is 10.1. The molecule has 28 heavy (non-hydrogen) atoms. The summed E-state index contributed by atoms with van der Waals surface area (Å²) in [5.41, 5.74) is 4.31. The standard InChI is InChI=1S/C22H21FN2O3/c1-14-9-19(15(2)25(14)18-6-4-17(23)5-7-18)20(26)12-24-11-16-3-8-21-22(10-16)28-13-27-21/h3-10,24H,11-13H2,1-2H3. The number of fused-ring (bicyclic) bond motifs is 1. The summed E-state index contributed by atoms with van der Waals surface area (Å²) < 4.78 is 25.8. The number of aromatic nitrogens is 1. The first-order chi connectivity index (χ1) is 13.5. The lowest BCUT2D eigenvalue weighted by molar-refractivity contribution is 0.0990. The molecule has 0 atom stereocenters. The third kappa shape index (κ3) is 3.51. The van der Waals surface area contributed by atoms with E-state index in [0.717, 1.165) is 34.1 Å². The molecule has 1 N–H and O–H groups in total. The number of nitrogens with one attached hydrogen (secondary N) is 1. The molecule has 2 heterocycles. The monoisotopic (exact) mass is 380 g/mol. The number of aryl methyl sites for hydroxylation is 1. The summed E-state index contributed by atoms with van der Waals surface area (Å²) in [5.74, 6) is 1.21.